The molecule has 0 aliphatic carbocycles. The molecular weight excluding hydrogens is 256 g/mol. The van der Waals surface area contributed by atoms with Gasteiger partial charge in [-0.05, 0) is 26.0 Å². The summed E-state index contributed by atoms with van der Waals surface area (Å²) in [5.41, 5.74) is 0. The van der Waals surface area contributed by atoms with Crippen molar-refractivity contribution in [1.82, 2.24) is 10.0 Å². The molecule has 17 heavy (non-hydrogen) atoms. The van der Waals surface area contributed by atoms with Crippen molar-refractivity contribution in [3.05, 3.63) is 21.9 Å². The summed E-state index contributed by atoms with van der Waals surface area (Å²) in [6.45, 7) is 6.80. The van der Waals surface area contributed by atoms with Crippen LogP contribution in [-0.2, 0) is 10.0 Å². The maximum Gasteiger partial charge on any atom is 0.212 e. The van der Waals surface area contributed by atoms with Gasteiger partial charge < -0.3 is 5.32 Å². The van der Waals surface area contributed by atoms with Gasteiger partial charge in [-0.15, -0.1) is 11.3 Å². The van der Waals surface area contributed by atoms with Crippen LogP contribution >= 0.6 is 11.3 Å². The fourth-order valence-corrected chi connectivity index (χ4v) is 3.36. The van der Waals surface area contributed by atoms with Gasteiger partial charge in [0.1, 0.15) is 0 Å². The van der Waals surface area contributed by atoms with E-state index in [0.717, 1.165) is 0 Å². The van der Waals surface area contributed by atoms with Gasteiger partial charge >= 0.3 is 0 Å². The van der Waals surface area contributed by atoms with E-state index in [9.17, 15) is 8.42 Å². The van der Waals surface area contributed by atoms with E-state index in [0.29, 0.717) is 13.1 Å². The Morgan fingerprint density at radius 3 is 2.65 bits per heavy atom. The fraction of sp³-hybridized carbons (Fsp3) is 0.636. The first-order chi connectivity index (χ1) is 7.94. The Labute approximate surface area is 107 Å². The van der Waals surface area contributed by atoms with E-state index >= 15 is 0 Å². The summed E-state index contributed by atoms with van der Waals surface area (Å²) in [7, 11) is -3.11. The number of hydrogen-bond acceptors (Lipinski definition) is 4. The molecule has 0 radical (unpaired) electrons. The van der Waals surface area contributed by atoms with Crippen LogP contribution in [0.3, 0.4) is 0 Å². The van der Waals surface area contributed by atoms with Gasteiger partial charge in [0.15, 0.2) is 0 Å². The van der Waals surface area contributed by atoms with E-state index in [2.05, 4.69) is 29.1 Å². The minimum Gasteiger partial charge on any atom is -0.308 e. The maximum absolute atomic E-state index is 11.4. The summed E-state index contributed by atoms with van der Waals surface area (Å²) < 4.78 is 25.3. The zero-order valence-corrected chi connectivity index (χ0v) is 12.1. The Bertz CT molecular complexity index is 440. The Balaban J connectivity index is 2.37. The van der Waals surface area contributed by atoms with Gasteiger partial charge in [0, 0.05) is 28.9 Å². The van der Waals surface area contributed by atoms with Crippen LogP contribution in [0.15, 0.2) is 12.1 Å². The number of rotatable bonds is 7. The molecule has 0 fully saturated rings. The first-order valence-electron chi connectivity index (χ1n) is 5.71. The van der Waals surface area contributed by atoms with Gasteiger partial charge in [-0.2, -0.15) is 0 Å². The SMILES string of the molecule is CCNS(=O)(=O)CCNC(C)c1ccc(C)s1. The van der Waals surface area contributed by atoms with E-state index in [-0.39, 0.29) is 11.8 Å². The van der Waals surface area contributed by atoms with Crippen LogP contribution in [0.1, 0.15) is 29.6 Å². The van der Waals surface area contributed by atoms with Crippen molar-refractivity contribution in [2.24, 2.45) is 0 Å². The van der Waals surface area contributed by atoms with Crippen molar-refractivity contribution in [3.63, 3.8) is 0 Å². The first kappa shape index (κ1) is 14.6. The number of sulfonamides is 1. The predicted octanol–water partition coefficient (Wildman–Crippen LogP) is 1.65. The zero-order valence-electron chi connectivity index (χ0n) is 10.5. The molecule has 0 saturated carbocycles. The lowest BCUT2D eigenvalue weighted by Gasteiger charge is -2.12. The minimum atomic E-state index is -3.11. The van der Waals surface area contributed by atoms with E-state index in [1.807, 2.05) is 6.92 Å². The van der Waals surface area contributed by atoms with Crippen LogP contribution in [-0.4, -0.2) is 27.3 Å². The molecule has 1 aromatic heterocycles. The molecular formula is C11H20N2O2S2. The van der Waals surface area contributed by atoms with E-state index < -0.39 is 10.0 Å². The molecule has 2 N–H and O–H groups in total. The van der Waals surface area contributed by atoms with Crippen molar-refractivity contribution in [3.8, 4) is 0 Å². The molecule has 4 nitrogen and oxygen atoms in total. The highest BCUT2D eigenvalue weighted by Crippen LogP contribution is 2.21. The zero-order chi connectivity index (χ0) is 12.9. The number of aryl methyl sites for hydroxylation is 1. The molecule has 0 amide bonds. The Kier molecular flexibility index (Phi) is 5.58. The summed E-state index contributed by atoms with van der Waals surface area (Å²) in [6.07, 6.45) is 0. The molecule has 0 spiro atoms. The average molecular weight is 276 g/mol. The summed E-state index contributed by atoms with van der Waals surface area (Å²) in [5.74, 6) is 0.121. The summed E-state index contributed by atoms with van der Waals surface area (Å²) >= 11 is 1.74. The average Bonchev–Trinajstić information content (AvgIpc) is 2.64. The Hall–Kier alpha value is -0.430. The molecule has 98 valence electrons. The molecule has 1 heterocycles. The van der Waals surface area contributed by atoms with Crippen molar-refractivity contribution in [2.75, 3.05) is 18.8 Å². The molecule has 1 aromatic rings. The van der Waals surface area contributed by atoms with Gasteiger partial charge in [0.25, 0.3) is 0 Å². The highest BCUT2D eigenvalue weighted by atomic mass is 32.2. The summed E-state index contributed by atoms with van der Waals surface area (Å²) in [6, 6.07) is 4.36. The molecule has 6 heteroatoms. The van der Waals surface area contributed by atoms with Crippen molar-refractivity contribution >= 4 is 21.4 Å². The topological polar surface area (TPSA) is 58.2 Å². The van der Waals surface area contributed by atoms with Gasteiger partial charge in [-0.25, -0.2) is 13.1 Å². The lowest BCUT2D eigenvalue weighted by Crippen LogP contribution is -2.32. The molecule has 0 bridgehead atoms. The molecule has 0 aromatic carbocycles. The third kappa shape index (κ3) is 5.16. The van der Waals surface area contributed by atoms with Gasteiger partial charge in [-0.3, -0.25) is 0 Å². The fourth-order valence-electron chi connectivity index (χ4n) is 1.49. The van der Waals surface area contributed by atoms with Crippen LogP contribution in [0.25, 0.3) is 0 Å². The third-order valence-electron chi connectivity index (χ3n) is 2.37. The van der Waals surface area contributed by atoms with Crippen molar-refractivity contribution in [2.45, 2.75) is 26.8 Å². The van der Waals surface area contributed by atoms with Gasteiger partial charge in [0.2, 0.25) is 10.0 Å². The molecule has 0 saturated heterocycles. The van der Waals surface area contributed by atoms with Crippen LogP contribution in [0.5, 0.6) is 0 Å². The highest BCUT2D eigenvalue weighted by Gasteiger charge is 2.11. The largest absolute Gasteiger partial charge is 0.308 e. The number of nitrogens with one attached hydrogen (secondary N) is 2. The molecule has 1 unspecified atom stereocenters. The quantitative estimate of drug-likeness (QED) is 0.796. The summed E-state index contributed by atoms with van der Waals surface area (Å²) in [5, 5.41) is 3.22. The van der Waals surface area contributed by atoms with Crippen molar-refractivity contribution in [1.29, 1.82) is 0 Å². The monoisotopic (exact) mass is 276 g/mol. The summed E-state index contributed by atoms with van der Waals surface area (Å²) in [4.78, 5) is 2.51. The van der Waals surface area contributed by atoms with E-state index in [1.165, 1.54) is 9.75 Å². The van der Waals surface area contributed by atoms with Crippen LogP contribution in [0.2, 0.25) is 0 Å². The van der Waals surface area contributed by atoms with Crippen LogP contribution in [0.4, 0.5) is 0 Å². The second kappa shape index (κ2) is 6.49. The van der Waals surface area contributed by atoms with Gasteiger partial charge in [0.05, 0.1) is 5.75 Å². The lowest BCUT2D eigenvalue weighted by atomic mass is 10.3. The smallest absolute Gasteiger partial charge is 0.212 e. The van der Waals surface area contributed by atoms with Crippen LogP contribution in [0, 0.1) is 6.92 Å². The van der Waals surface area contributed by atoms with Crippen molar-refractivity contribution < 1.29 is 8.42 Å². The number of thiophene rings is 1. The lowest BCUT2D eigenvalue weighted by molar-refractivity contribution is 0.567. The normalized spacial score (nSPS) is 13.8. The Morgan fingerprint density at radius 2 is 2.12 bits per heavy atom. The second-order valence-corrected chi connectivity index (χ2v) is 7.19. The molecule has 1 rings (SSSR count). The third-order valence-corrected chi connectivity index (χ3v) is 5.03. The molecule has 0 aliphatic heterocycles. The number of hydrogen-bond donors (Lipinski definition) is 2. The van der Waals surface area contributed by atoms with E-state index in [1.54, 1.807) is 18.3 Å². The molecule has 1 atom stereocenters. The first-order valence-corrected chi connectivity index (χ1v) is 8.18. The minimum absolute atomic E-state index is 0.121. The maximum atomic E-state index is 11.4. The van der Waals surface area contributed by atoms with E-state index in [4.69, 9.17) is 0 Å². The highest BCUT2D eigenvalue weighted by molar-refractivity contribution is 7.89. The van der Waals surface area contributed by atoms with Gasteiger partial charge in [-0.1, -0.05) is 6.92 Å². The predicted molar refractivity (Wildman–Crippen MR) is 72.9 cm³/mol. The standard InChI is InChI=1S/C11H20N2O2S2/c1-4-13-17(14,15)8-7-12-10(3)11-6-5-9(2)16-11/h5-6,10,12-13H,4,7-8H2,1-3H3. The van der Waals surface area contributed by atoms with Crippen LogP contribution < -0.4 is 10.0 Å². The second-order valence-electron chi connectivity index (χ2n) is 3.94. The Morgan fingerprint density at radius 1 is 1.41 bits per heavy atom. The molecule has 0 aliphatic rings.